The van der Waals surface area contributed by atoms with Gasteiger partial charge in [-0.1, -0.05) is 47.9 Å². The lowest BCUT2D eigenvalue weighted by molar-refractivity contribution is 0.200. The highest BCUT2D eigenvalue weighted by Crippen LogP contribution is 2.04. The molecule has 0 N–H and O–H groups in total. The summed E-state index contributed by atoms with van der Waals surface area (Å²) < 4.78 is 5.11. The Kier molecular flexibility index (Phi) is 4.54. The van der Waals surface area contributed by atoms with Gasteiger partial charge in [-0.3, -0.25) is 0 Å². The second kappa shape index (κ2) is 6.01. The number of hydrogen-bond acceptors (Lipinski definition) is 1. The van der Waals surface area contributed by atoms with Crippen LogP contribution in [0.4, 0.5) is 0 Å². The molecule has 1 nitrogen and oxygen atoms in total. The van der Waals surface area contributed by atoms with Gasteiger partial charge in [0.15, 0.2) is 0 Å². The summed E-state index contributed by atoms with van der Waals surface area (Å²) in [6.45, 7) is 3.01. The molecule has 0 saturated carbocycles. The van der Waals surface area contributed by atoms with Crippen LogP contribution >= 0.6 is 0 Å². The Morgan fingerprint density at radius 1 is 1.36 bits per heavy atom. The molecule has 0 aliphatic carbocycles. The monoisotopic (exact) mass is 186 g/mol. The first-order valence-corrected chi connectivity index (χ1v) is 4.57. The molecule has 0 aromatic heterocycles. The molecule has 0 spiro atoms. The average molecular weight is 186 g/mol. The lowest BCUT2D eigenvalue weighted by atomic mass is 10.1. The molecule has 1 heteroatoms. The van der Waals surface area contributed by atoms with Gasteiger partial charge in [-0.15, -0.1) is 6.42 Å². The van der Waals surface area contributed by atoms with E-state index in [2.05, 4.69) is 37.1 Å². The van der Waals surface area contributed by atoms with Crippen molar-refractivity contribution in [1.82, 2.24) is 0 Å². The van der Waals surface area contributed by atoms with Gasteiger partial charge in [-0.05, 0) is 12.5 Å². The van der Waals surface area contributed by atoms with Gasteiger partial charge in [0.05, 0.1) is 6.61 Å². The number of ether oxygens (including phenoxy) is 1. The van der Waals surface area contributed by atoms with Crippen LogP contribution in [0.15, 0.2) is 30.3 Å². The van der Waals surface area contributed by atoms with Crippen molar-refractivity contribution in [3.8, 4) is 12.3 Å². The van der Waals surface area contributed by atoms with Crippen LogP contribution in [0.5, 0.6) is 0 Å². The van der Waals surface area contributed by atoms with Gasteiger partial charge in [0.2, 0.25) is 0 Å². The van der Waals surface area contributed by atoms with E-state index < -0.39 is 0 Å². The molecule has 0 bridgehead atoms. The minimum atomic E-state index is 0.373. The Hall–Kier alpha value is -1.52. The highest BCUT2D eigenvalue weighted by Gasteiger charge is 1.85. The molecule has 0 heterocycles. The maximum atomic E-state index is 5.11. The maximum absolute atomic E-state index is 5.11. The van der Waals surface area contributed by atoms with Crippen molar-refractivity contribution < 1.29 is 4.74 Å². The minimum absolute atomic E-state index is 0.373. The second-order valence-electron chi connectivity index (χ2n) is 3.03. The Balaban J connectivity index is 2.37. The lowest BCUT2D eigenvalue weighted by Gasteiger charge is -1.95. The Morgan fingerprint density at radius 3 is 2.71 bits per heavy atom. The van der Waals surface area contributed by atoms with Gasteiger partial charge in [0.25, 0.3) is 0 Å². The first kappa shape index (κ1) is 10.6. The summed E-state index contributed by atoms with van der Waals surface area (Å²) in [4.78, 5) is 0. The van der Waals surface area contributed by atoms with Crippen molar-refractivity contribution in [2.24, 2.45) is 0 Å². The molecule has 0 fully saturated rings. The number of benzene rings is 1. The highest BCUT2D eigenvalue weighted by molar-refractivity contribution is 5.49. The fourth-order valence-corrected chi connectivity index (χ4v) is 1.05. The zero-order chi connectivity index (χ0) is 10.2. The van der Waals surface area contributed by atoms with E-state index in [1.165, 1.54) is 11.1 Å². The van der Waals surface area contributed by atoms with Gasteiger partial charge in [0.1, 0.15) is 6.61 Å². The molecule has 0 aliphatic rings. The molecular weight excluding hydrogens is 172 g/mol. The van der Waals surface area contributed by atoms with Crippen molar-refractivity contribution in [1.29, 1.82) is 0 Å². The van der Waals surface area contributed by atoms with Crippen LogP contribution in [0, 0.1) is 19.3 Å². The fraction of sp³-hybridized carbons (Fsp3) is 0.231. The lowest BCUT2D eigenvalue weighted by Crippen LogP contribution is -1.89. The summed E-state index contributed by atoms with van der Waals surface area (Å²) in [6, 6.07) is 8.32. The van der Waals surface area contributed by atoms with Crippen molar-refractivity contribution in [3.05, 3.63) is 41.5 Å². The maximum Gasteiger partial charge on any atom is 0.107 e. The van der Waals surface area contributed by atoms with E-state index in [0.29, 0.717) is 13.2 Å². The Labute approximate surface area is 85.4 Å². The molecule has 0 atom stereocenters. The largest absolute Gasteiger partial charge is 0.365 e. The van der Waals surface area contributed by atoms with Crippen molar-refractivity contribution in [2.45, 2.75) is 6.92 Å². The van der Waals surface area contributed by atoms with Crippen LogP contribution in [0.25, 0.3) is 6.08 Å². The number of aryl methyl sites for hydroxylation is 1. The molecule has 14 heavy (non-hydrogen) atoms. The number of terminal acetylenes is 1. The van der Waals surface area contributed by atoms with Crippen molar-refractivity contribution >= 4 is 6.08 Å². The van der Waals surface area contributed by atoms with Crippen LogP contribution in [0.3, 0.4) is 0 Å². The fourth-order valence-electron chi connectivity index (χ4n) is 1.05. The third-order valence-electron chi connectivity index (χ3n) is 1.79. The first-order valence-electron chi connectivity index (χ1n) is 4.57. The summed E-state index contributed by atoms with van der Waals surface area (Å²) in [5, 5.41) is 0. The molecule has 72 valence electrons. The van der Waals surface area contributed by atoms with Gasteiger partial charge >= 0.3 is 0 Å². The molecule has 0 saturated heterocycles. The van der Waals surface area contributed by atoms with E-state index in [9.17, 15) is 0 Å². The van der Waals surface area contributed by atoms with E-state index in [-0.39, 0.29) is 0 Å². The number of rotatable bonds is 4. The van der Waals surface area contributed by atoms with Crippen LogP contribution in [0.2, 0.25) is 0 Å². The van der Waals surface area contributed by atoms with Crippen LogP contribution in [-0.2, 0) is 4.74 Å². The van der Waals surface area contributed by atoms with E-state index in [1.54, 1.807) is 0 Å². The third kappa shape index (κ3) is 3.93. The second-order valence-corrected chi connectivity index (χ2v) is 3.03. The summed E-state index contributed by atoms with van der Waals surface area (Å²) in [5.74, 6) is 2.42. The van der Waals surface area contributed by atoms with E-state index >= 15 is 0 Å². The van der Waals surface area contributed by atoms with Gasteiger partial charge < -0.3 is 4.74 Å². The third-order valence-corrected chi connectivity index (χ3v) is 1.79. The molecule has 1 aromatic rings. The molecular formula is C13H14O. The predicted molar refractivity (Wildman–Crippen MR) is 59.9 cm³/mol. The Bertz CT molecular complexity index is 327. The summed E-state index contributed by atoms with van der Waals surface area (Å²) in [6.07, 6.45) is 9.02. The van der Waals surface area contributed by atoms with Crippen LogP contribution in [0.1, 0.15) is 11.1 Å². The predicted octanol–water partition coefficient (Wildman–Crippen LogP) is 2.66. The average Bonchev–Trinajstić information content (AvgIpc) is 2.21. The van der Waals surface area contributed by atoms with Crippen molar-refractivity contribution in [3.63, 3.8) is 0 Å². The molecule has 0 aliphatic heterocycles. The van der Waals surface area contributed by atoms with Crippen molar-refractivity contribution in [2.75, 3.05) is 13.2 Å². The smallest absolute Gasteiger partial charge is 0.107 e. The topological polar surface area (TPSA) is 9.23 Å². The molecule has 0 unspecified atom stereocenters. The Morgan fingerprint density at radius 2 is 2.07 bits per heavy atom. The molecule has 1 aromatic carbocycles. The zero-order valence-electron chi connectivity index (χ0n) is 8.36. The summed E-state index contributed by atoms with van der Waals surface area (Å²) >= 11 is 0. The standard InChI is InChI=1S/C13H14O/c1-3-10-14-11-4-5-13-8-6-12(2)7-9-13/h1,4-9H,10-11H2,2H3/b5-4+. The normalized spacial score (nSPS) is 10.3. The van der Waals surface area contributed by atoms with E-state index in [1.807, 2.05) is 12.2 Å². The zero-order valence-corrected chi connectivity index (χ0v) is 8.36. The number of hydrogen-bond donors (Lipinski definition) is 0. The molecule has 1 rings (SSSR count). The van der Waals surface area contributed by atoms with Crippen LogP contribution in [-0.4, -0.2) is 13.2 Å². The minimum Gasteiger partial charge on any atom is -0.365 e. The van der Waals surface area contributed by atoms with Crippen LogP contribution < -0.4 is 0 Å². The van der Waals surface area contributed by atoms with E-state index in [0.717, 1.165) is 0 Å². The quantitative estimate of drug-likeness (QED) is 0.519. The SMILES string of the molecule is C#CCOC/C=C/c1ccc(C)cc1. The van der Waals surface area contributed by atoms with Gasteiger partial charge in [-0.25, -0.2) is 0 Å². The highest BCUT2D eigenvalue weighted by atomic mass is 16.5. The van der Waals surface area contributed by atoms with Gasteiger partial charge in [0, 0.05) is 0 Å². The summed E-state index contributed by atoms with van der Waals surface area (Å²) in [5.41, 5.74) is 2.45. The molecule has 0 radical (unpaired) electrons. The van der Waals surface area contributed by atoms with E-state index in [4.69, 9.17) is 11.2 Å². The molecule has 0 amide bonds. The first-order chi connectivity index (χ1) is 6.83. The summed E-state index contributed by atoms with van der Waals surface area (Å²) in [7, 11) is 0. The van der Waals surface area contributed by atoms with Gasteiger partial charge in [-0.2, -0.15) is 0 Å².